The van der Waals surface area contributed by atoms with Gasteiger partial charge in [0.05, 0.1) is 0 Å². The standard InChI is InChI=1S/2C5H11N.W/c2*1-4-5(2,3)6;/h2*4H2,1-3H3;. The molecule has 0 N–H and O–H groups in total. The third-order valence-electron chi connectivity index (χ3n) is 2.31. The van der Waals surface area contributed by atoms with Crippen molar-refractivity contribution in [3.05, 3.63) is 0 Å². The molecule has 13 heavy (non-hydrogen) atoms. The van der Waals surface area contributed by atoms with Gasteiger partial charge in [0.15, 0.2) is 0 Å². The Balaban J connectivity index is 4.42. The van der Waals surface area contributed by atoms with Gasteiger partial charge in [0.1, 0.15) is 0 Å². The maximum absolute atomic E-state index is 4.71. The van der Waals surface area contributed by atoms with Gasteiger partial charge in [0.25, 0.3) is 0 Å². The van der Waals surface area contributed by atoms with E-state index in [0.29, 0.717) is 0 Å². The fraction of sp³-hybridized carbons (Fsp3) is 1.00. The molecule has 0 rings (SSSR count). The molecule has 0 fully saturated rings. The normalized spacial score (nSPS) is 12.5. The van der Waals surface area contributed by atoms with E-state index in [1.54, 1.807) is 0 Å². The van der Waals surface area contributed by atoms with Crippen LogP contribution >= 0.6 is 0 Å². The van der Waals surface area contributed by atoms with Crippen LogP contribution in [0.25, 0.3) is 0 Å². The minimum atomic E-state index is -0.811. The molecule has 0 aromatic heterocycles. The Morgan fingerprint density at radius 3 is 1.38 bits per heavy atom. The first kappa shape index (κ1) is 13.3. The molecule has 0 heterocycles. The molecule has 0 amide bonds. The summed E-state index contributed by atoms with van der Waals surface area (Å²) in [5, 5.41) is 0. The van der Waals surface area contributed by atoms with Crippen LogP contribution in [0.1, 0.15) is 54.4 Å². The van der Waals surface area contributed by atoms with Crippen molar-refractivity contribution in [2.45, 2.75) is 65.5 Å². The molecule has 0 aliphatic heterocycles. The Bertz CT molecular complexity index is 193. The molecular formula is C10H22N2W. The molecule has 0 saturated carbocycles. The first-order valence-corrected chi connectivity index (χ1v) is 7.56. The maximum atomic E-state index is 4.71. The van der Waals surface area contributed by atoms with E-state index in [2.05, 4.69) is 41.5 Å². The Morgan fingerprint density at radius 2 is 1.15 bits per heavy atom. The van der Waals surface area contributed by atoms with Crippen molar-refractivity contribution >= 4 is 0 Å². The Hall–Kier alpha value is 0.288. The Labute approximate surface area is 90.8 Å². The molecule has 0 spiro atoms. The third-order valence-corrected chi connectivity index (χ3v) is 6.44. The molecule has 0 radical (unpaired) electrons. The van der Waals surface area contributed by atoms with Gasteiger partial charge in [-0.15, -0.1) is 0 Å². The van der Waals surface area contributed by atoms with Crippen LogP contribution in [-0.2, 0) is 18.2 Å². The van der Waals surface area contributed by atoms with Gasteiger partial charge in [-0.1, -0.05) is 0 Å². The molecule has 0 aliphatic carbocycles. The van der Waals surface area contributed by atoms with E-state index in [4.69, 9.17) is 6.99 Å². The summed E-state index contributed by atoms with van der Waals surface area (Å²) in [6, 6.07) is 0. The van der Waals surface area contributed by atoms with Crippen LogP contribution in [0, 0.1) is 0 Å². The van der Waals surface area contributed by atoms with E-state index in [0.717, 1.165) is 12.8 Å². The summed E-state index contributed by atoms with van der Waals surface area (Å²) in [4.78, 5) is 0. The van der Waals surface area contributed by atoms with E-state index < -0.39 is 18.2 Å². The summed E-state index contributed by atoms with van der Waals surface area (Å²) in [7, 11) is 0. The SMILES string of the molecule is CCC(C)(C)[N]=[W]=[N]C(C)(C)CC. The van der Waals surface area contributed by atoms with Gasteiger partial charge in [0, 0.05) is 0 Å². The molecule has 0 unspecified atom stereocenters. The molecule has 78 valence electrons. The molecule has 0 atom stereocenters. The molecule has 0 saturated heterocycles. The van der Waals surface area contributed by atoms with Gasteiger partial charge >= 0.3 is 90.7 Å². The van der Waals surface area contributed by atoms with Crippen molar-refractivity contribution in [1.82, 2.24) is 0 Å². The fourth-order valence-corrected chi connectivity index (χ4v) is 3.03. The zero-order chi connectivity index (χ0) is 10.5. The third kappa shape index (κ3) is 6.37. The zero-order valence-electron chi connectivity index (χ0n) is 9.72. The summed E-state index contributed by atoms with van der Waals surface area (Å²) in [5.74, 6) is 0. The van der Waals surface area contributed by atoms with Gasteiger partial charge in [0.2, 0.25) is 0 Å². The second-order valence-corrected chi connectivity index (χ2v) is 6.49. The zero-order valence-corrected chi connectivity index (χ0v) is 12.7. The van der Waals surface area contributed by atoms with Crippen molar-refractivity contribution in [2.24, 2.45) is 6.99 Å². The molecule has 0 aliphatic rings. The first-order chi connectivity index (χ1) is 5.83. The predicted molar refractivity (Wildman–Crippen MR) is 53.6 cm³/mol. The average molecular weight is 354 g/mol. The summed E-state index contributed by atoms with van der Waals surface area (Å²) in [6.45, 7) is 13.2. The fourth-order valence-electron chi connectivity index (χ4n) is 0.371. The summed E-state index contributed by atoms with van der Waals surface area (Å²) in [6.07, 6.45) is 2.24. The van der Waals surface area contributed by atoms with E-state index in [-0.39, 0.29) is 11.1 Å². The van der Waals surface area contributed by atoms with Gasteiger partial charge in [-0.3, -0.25) is 0 Å². The van der Waals surface area contributed by atoms with Crippen molar-refractivity contribution in [1.29, 1.82) is 0 Å². The van der Waals surface area contributed by atoms with Gasteiger partial charge in [-0.05, 0) is 0 Å². The molecule has 0 bridgehead atoms. The molecule has 0 aromatic rings. The van der Waals surface area contributed by atoms with Gasteiger partial charge < -0.3 is 0 Å². The van der Waals surface area contributed by atoms with E-state index in [1.165, 1.54) is 0 Å². The van der Waals surface area contributed by atoms with Crippen LogP contribution < -0.4 is 0 Å². The van der Waals surface area contributed by atoms with Crippen LogP contribution in [0.3, 0.4) is 0 Å². The number of nitrogens with zero attached hydrogens (tertiary/aromatic N) is 2. The molecular weight excluding hydrogens is 332 g/mol. The Kier molecular flexibility index (Phi) is 5.36. The summed E-state index contributed by atoms with van der Waals surface area (Å²) in [5.41, 5.74) is 0.329. The van der Waals surface area contributed by atoms with Crippen molar-refractivity contribution in [3.8, 4) is 0 Å². The van der Waals surface area contributed by atoms with Crippen LogP contribution in [0.2, 0.25) is 0 Å². The van der Waals surface area contributed by atoms with E-state index >= 15 is 0 Å². The van der Waals surface area contributed by atoms with Gasteiger partial charge in [-0.2, -0.15) is 0 Å². The van der Waals surface area contributed by atoms with Crippen LogP contribution in [0.4, 0.5) is 0 Å². The predicted octanol–water partition coefficient (Wildman–Crippen LogP) is 3.81. The average Bonchev–Trinajstić information content (AvgIpc) is 2.04. The monoisotopic (exact) mass is 354 g/mol. The minimum absolute atomic E-state index is 0.165. The van der Waals surface area contributed by atoms with Gasteiger partial charge in [-0.25, -0.2) is 0 Å². The van der Waals surface area contributed by atoms with Crippen molar-refractivity contribution in [2.75, 3.05) is 0 Å². The first-order valence-electron chi connectivity index (χ1n) is 4.93. The number of hydrogen-bond donors (Lipinski definition) is 0. The second kappa shape index (κ2) is 5.24. The summed E-state index contributed by atoms with van der Waals surface area (Å²) >= 11 is -0.811. The molecule has 2 nitrogen and oxygen atoms in total. The number of rotatable bonds is 4. The molecule has 3 heteroatoms. The van der Waals surface area contributed by atoms with Crippen LogP contribution in [0.15, 0.2) is 6.99 Å². The van der Waals surface area contributed by atoms with Crippen LogP contribution in [-0.4, -0.2) is 11.1 Å². The van der Waals surface area contributed by atoms with E-state index in [9.17, 15) is 0 Å². The van der Waals surface area contributed by atoms with Crippen molar-refractivity contribution in [3.63, 3.8) is 0 Å². The van der Waals surface area contributed by atoms with Crippen molar-refractivity contribution < 1.29 is 18.2 Å². The molecule has 0 aromatic carbocycles. The van der Waals surface area contributed by atoms with E-state index in [1.807, 2.05) is 0 Å². The van der Waals surface area contributed by atoms with Crippen LogP contribution in [0.5, 0.6) is 0 Å². The summed E-state index contributed by atoms with van der Waals surface area (Å²) < 4.78 is 9.42. The quantitative estimate of drug-likeness (QED) is 0.734. The Morgan fingerprint density at radius 1 is 0.846 bits per heavy atom. The number of hydrogen-bond acceptors (Lipinski definition) is 2. The topological polar surface area (TPSA) is 24.7 Å². The second-order valence-electron chi connectivity index (χ2n) is 4.60.